The molecule has 5 heteroatoms. The summed E-state index contributed by atoms with van der Waals surface area (Å²) in [5.74, 6) is 0.803. The van der Waals surface area contributed by atoms with Crippen molar-refractivity contribution in [2.24, 2.45) is 0 Å². The van der Waals surface area contributed by atoms with E-state index in [0.717, 1.165) is 0 Å². The number of ketones is 1. The first-order valence-electron chi connectivity index (χ1n) is 6.86. The molecule has 114 valence electrons. The third-order valence-corrected chi connectivity index (χ3v) is 3.77. The van der Waals surface area contributed by atoms with Crippen LogP contribution in [0.15, 0.2) is 36.4 Å². The molecule has 0 aliphatic carbocycles. The molecule has 1 unspecified atom stereocenters. The lowest BCUT2D eigenvalue weighted by Gasteiger charge is -2.26. The molecule has 2 aromatic rings. The van der Waals surface area contributed by atoms with Crippen LogP contribution in [0.1, 0.15) is 21.8 Å². The minimum absolute atomic E-state index is 0.0859. The number of phenols is 1. The summed E-state index contributed by atoms with van der Waals surface area (Å²) < 4.78 is 16.2. The number of Topliss-reactive ketones (excluding diaryl/α,β-unsaturated/α-hetero) is 1. The van der Waals surface area contributed by atoms with Gasteiger partial charge in [-0.15, -0.1) is 0 Å². The zero-order chi connectivity index (χ0) is 15.7. The third kappa shape index (κ3) is 2.24. The second-order valence-corrected chi connectivity index (χ2v) is 4.99. The summed E-state index contributed by atoms with van der Waals surface area (Å²) in [5, 5.41) is 9.97. The molecule has 0 saturated heterocycles. The Balaban J connectivity index is 2.07. The van der Waals surface area contributed by atoms with Gasteiger partial charge in [0.15, 0.2) is 17.3 Å². The van der Waals surface area contributed by atoms with Gasteiger partial charge >= 0.3 is 0 Å². The van der Waals surface area contributed by atoms with E-state index in [1.807, 2.05) is 0 Å². The SMILES string of the molecule is COc1cc(OC)c2c(c1)C(=O)C(c1ccccc1O)CO2. The van der Waals surface area contributed by atoms with Gasteiger partial charge in [0.2, 0.25) is 0 Å². The van der Waals surface area contributed by atoms with E-state index >= 15 is 0 Å². The smallest absolute Gasteiger partial charge is 0.177 e. The number of carbonyl (C=O) groups excluding carboxylic acids is 1. The van der Waals surface area contributed by atoms with E-state index in [1.165, 1.54) is 14.2 Å². The van der Waals surface area contributed by atoms with Crippen molar-refractivity contribution >= 4 is 5.78 Å². The molecule has 1 aliphatic heterocycles. The Morgan fingerprint density at radius 2 is 1.95 bits per heavy atom. The molecule has 0 radical (unpaired) electrons. The predicted octanol–water partition coefficient (Wildman–Crippen LogP) is 2.77. The number of aromatic hydroxyl groups is 1. The van der Waals surface area contributed by atoms with Crippen molar-refractivity contribution < 1.29 is 24.1 Å². The molecule has 1 heterocycles. The number of hydrogen-bond acceptors (Lipinski definition) is 5. The summed E-state index contributed by atoms with van der Waals surface area (Å²) in [6, 6.07) is 10.1. The van der Waals surface area contributed by atoms with Crippen LogP contribution in [0.5, 0.6) is 23.0 Å². The highest BCUT2D eigenvalue weighted by Gasteiger charge is 2.34. The van der Waals surface area contributed by atoms with Gasteiger partial charge in [0.05, 0.1) is 25.7 Å². The summed E-state index contributed by atoms with van der Waals surface area (Å²) in [5.41, 5.74) is 0.954. The van der Waals surface area contributed by atoms with Gasteiger partial charge in [-0.05, 0) is 12.1 Å². The summed E-state index contributed by atoms with van der Waals surface area (Å²) >= 11 is 0. The van der Waals surface area contributed by atoms with Crippen LogP contribution in [0.25, 0.3) is 0 Å². The van der Waals surface area contributed by atoms with Crippen LogP contribution in [0.4, 0.5) is 0 Å². The lowest BCUT2D eigenvalue weighted by Crippen LogP contribution is -2.26. The lowest BCUT2D eigenvalue weighted by molar-refractivity contribution is 0.0890. The molecule has 0 aromatic heterocycles. The van der Waals surface area contributed by atoms with Gasteiger partial charge < -0.3 is 19.3 Å². The number of ether oxygens (including phenoxy) is 3. The Hall–Kier alpha value is -2.69. The van der Waals surface area contributed by atoms with Crippen molar-refractivity contribution in [3.8, 4) is 23.0 Å². The standard InChI is InChI=1S/C17H16O5/c1-20-10-7-12-16(19)13(11-5-3-4-6-14(11)18)9-22-17(12)15(8-10)21-2/h3-8,13,18H,9H2,1-2H3. The van der Waals surface area contributed by atoms with E-state index in [2.05, 4.69) is 0 Å². The van der Waals surface area contributed by atoms with Gasteiger partial charge in [-0.3, -0.25) is 4.79 Å². The number of benzene rings is 2. The molecule has 22 heavy (non-hydrogen) atoms. The molecule has 1 aliphatic rings. The van der Waals surface area contributed by atoms with Gasteiger partial charge in [-0.25, -0.2) is 0 Å². The van der Waals surface area contributed by atoms with Crippen LogP contribution in [-0.4, -0.2) is 31.7 Å². The van der Waals surface area contributed by atoms with E-state index in [-0.39, 0.29) is 18.1 Å². The fourth-order valence-corrected chi connectivity index (χ4v) is 2.62. The summed E-state index contributed by atoms with van der Waals surface area (Å²) in [7, 11) is 3.04. The Labute approximate surface area is 128 Å². The maximum absolute atomic E-state index is 12.8. The second-order valence-electron chi connectivity index (χ2n) is 4.99. The zero-order valence-corrected chi connectivity index (χ0v) is 12.3. The van der Waals surface area contributed by atoms with Crippen molar-refractivity contribution in [3.05, 3.63) is 47.5 Å². The molecule has 1 atom stereocenters. The van der Waals surface area contributed by atoms with Gasteiger partial charge in [0.25, 0.3) is 0 Å². The monoisotopic (exact) mass is 300 g/mol. The van der Waals surface area contributed by atoms with Gasteiger partial charge in [-0.2, -0.15) is 0 Å². The van der Waals surface area contributed by atoms with Crippen LogP contribution < -0.4 is 14.2 Å². The number of hydrogen-bond donors (Lipinski definition) is 1. The maximum Gasteiger partial charge on any atom is 0.177 e. The van der Waals surface area contributed by atoms with Crippen LogP contribution in [0.3, 0.4) is 0 Å². The van der Waals surface area contributed by atoms with Crippen LogP contribution in [0, 0.1) is 0 Å². The molecule has 0 fully saturated rings. The number of phenolic OH excluding ortho intramolecular Hbond substituents is 1. The zero-order valence-electron chi connectivity index (χ0n) is 12.3. The van der Waals surface area contributed by atoms with E-state index in [9.17, 15) is 9.90 Å². The topological polar surface area (TPSA) is 65.0 Å². The maximum atomic E-state index is 12.8. The number of carbonyl (C=O) groups is 1. The Morgan fingerprint density at radius 1 is 1.18 bits per heavy atom. The molecule has 0 amide bonds. The third-order valence-electron chi connectivity index (χ3n) is 3.77. The molecule has 5 nitrogen and oxygen atoms in total. The van der Waals surface area contributed by atoms with Crippen LogP contribution >= 0.6 is 0 Å². The second kappa shape index (κ2) is 5.60. The minimum atomic E-state index is -0.550. The fourth-order valence-electron chi connectivity index (χ4n) is 2.62. The van der Waals surface area contributed by atoms with Gasteiger partial charge in [0, 0.05) is 11.6 Å². The first-order chi connectivity index (χ1) is 10.7. The molecule has 1 N–H and O–H groups in total. The molecule has 0 bridgehead atoms. The Morgan fingerprint density at radius 3 is 2.64 bits per heavy atom. The van der Waals surface area contributed by atoms with Crippen LogP contribution in [-0.2, 0) is 0 Å². The van der Waals surface area contributed by atoms with Crippen molar-refractivity contribution in [3.63, 3.8) is 0 Å². The quantitative estimate of drug-likeness (QED) is 0.944. The molecule has 3 rings (SSSR count). The Bertz CT molecular complexity index is 723. The average Bonchev–Trinajstić information content (AvgIpc) is 2.55. The van der Waals surface area contributed by atoms with E-state index in [4.69, 9.17) is 14.2 Å². The molecule has 0 saturated carbocycles. The first kappa shape index (κ1) is 14.3. The normalized spacial score (nSPS) is 16.6. The number of methoxy groups -OCH3 is 2. The highest BCUT2D eigenvalue weighted by atomic mass is 16.5. The lowest BCUT2D eigenvalue weighted by atomic mass is 9.88. The van der Waals surface area contributed by atoms with Crippen molar-refractivity contribution in [2.75, 3.05) is 20.8 Å². The van der Waals surface area contributed by atoms with Crippen molar-refractivity contribution in [1.29, 1.82) is 0 Å². The first-order valence-corrected chi connectivity index (χ1v) is 6.86. The largest absolute Gasteiger partial charge is 0.508 e. The fraction of sp³-hybridized carbons (Fsp3) is 0.235. The molecule has 2 aromatic carbocycles. The van der Waals surface area contributed by atoms with E-state index in [0.29, 0.717) is 28.4 Å². The van der Waals surface area contributed by atoms with Crippen molar-refractivity contribution in [1.82, 2.24) is 0 Å². The summed E-state index contributed by atoms with van der Waals surface area (Å²) in [6.45, 7) is 0.159. The predicted molar refractivity (Wildman–Crippen MR) is 80.2 cm³/mol. The highest BCUT2D eigenvalue weighted by molar-refractivity contribution is 6.05. The van der Waals surface area contributed by atoms with Gasteiger partial charge in [-0.1, -0.05) is 18.2 Å². The van der Waals surface area contributed by atoms with E-state index in [1.54, 1.807) is 36.4 Å². The molecule has 0 spiro atoms. The number of fused-ring (bicyclic) bond motifs is 1. The summed E-state index contributed by atoms with van der Waals surface area (Å²) in [6.07, 6.45) is 0. The number of para-hydroxylation sites is 1. The molecular weight excluding hydrogens is 284 g/mol. The van der Waals surface area contributed by atoms with Crippen LogP contribution in [0.2, 0.25) is 0 Å². The average molecular weight is 300 g/mol. The highest BCUT2D eigenvalue weighted by Crippen LogP contribution is 2.42. The van der Waals surface area contributed by atoms with Gasteiger partial charge in [0.1, 0.15) is 18.1 Å². The van der Waals surface area contributed by atoms with Crippen molar-refractivity contribution in [2.45, 2.75) is 5.92 Å². The minimum Gasteiger partial charge on any atom is -0.508 e. The summed E-state index contributed by atoms with van der Waals surface area (Å²) in [4.78, 5) is 12.8. The Kier molecular flexibility index (Phi) is 3.63. The van der Waals surface area contributed by atoms with E-state index < -0.39 is 5.92 Å². The number of rotatable bonds is 3. The molecular formula is C17H16O5.